The Morgan fingerprint density at radius 1 is 1.00 bits per heavy atom. The van der Waals surface area contributed by atoms with Gasteiger partial charge in [0.15, 0.2) is 6.61 Å². The van der Waals surface area contributed by atoms with Crippen molar-refractivity contribution >= 4 is 43.9 Å². The number of piperazine rings is 1. The highest BCUT2D eigenvalue weighted by atomic mass is 79.9. The van der Waals surface area contributed by atoms with Crippen LogP contribution in [0.2, 0.25) is 0 Å². The summed E-state index contributed by atoms with van der Waals surface area (Å²) in [6, 6.07) is 15.6. The Morgan fingerprint density at radius 3 is 2.37 bits per heavy atom. The fourth-order valence-corrected chi connectivity index (χ4v) is 4.83. The molecule has 2 aromatic carbocycles. The van der Waals surface area contributed by atoms with Gasteiger partial charge in [-0.2, -0.15) is 4.31 Å². The van der Waals surface area contributed by atoms with Crippen molar-refractivity contribution in [2.45, 2.75) is 4.90 Å². The average molecular weight is 493 g/mol. The molecule has 0 aromatic heterocycles. The summed E-state index contributed by atoms with van der Waals surface area (Å²) >= 11 is 3.35. The van der Waals surface area contributed by atoms with Gasteiger partial charge in [0.05, 0.1) is 4.90 Å². The maximum absolute atomic E-state index is 12.6. The van der Waals surface area contributed by atoms with E-state index in [1.54, 1.807) is 36.4 Å². The predicted octanol–water partition coefficient (Wildman–Crippen LogP) is 2.54. The second kappa shape index (κ2) is 10.0. The first kappa shape index (κ1) is 22.2. The first-order valence-corrected chi connectivity index (χ1v) is 11.5. The molecule has 0 atom stereocenters. The van der Waals surface area contributed by atoms with Gasteiger partial charge in [0, 0.05) is 36.7 Å². The van der Waals surface area contributed by atoms with E-state index in [-0.39, 0.29) is 43.6 Å². The zero-order chi connectivity index (χ0) is 21.6. The molecule has 0 saturated carbocycles. The summed E-state index contributed by atoms with van der Waals surface area (Å²) in [6.07, 6.45) is 2.87. The van der Waals surface area contributed by atoms with Crippen molar-refractivity contribution in [1.82, 2.24) is 9.21 Å². The van der Waals surface area contributed by atoms with Crippen LogP contribution in [-0.4, -0.2) is 62.3 Å². The van der Waals surface area contributed by atoms with Gasteiger partial charge in [-0.05, 0) is 35.9 Å². The number of ether oxygens (including phenoxy) is 1. The molecule has 30 heavy (non-hydrogen) atoms. The Morgan fingerprint density at radius 2 is 1.70 bits per heavy atom. The zero-order valence-corrected chi connectivity index (χ0v) is 18.5. The maximum Gasteiger partial charge on any atom is 0.331 e. The molecule has 2 aromatic rings. The number of hydrogen-bond acceptors (Lipinski definition) is 5. The molecule has 0 spiro atoms. The van der Waals surface area contributed by atoms with Gasteiger partial charge < -0.3 is 9.64 Å². The molecule has 9 heteroatoms. The Labute approximate surface area is 184 Å². The van der Waals surface area contributed by atoms with E-state index in [0.29, 0.717) is 0 Å². The van der Waals surface area contributed by atoms with Gasteiger partial charge >= 0.3 is 5.97 Å². The Bertz CT molecular complexity index is 1030. The summed E-state index contributed by atoms with van der Waals surface area (Å²) in [6.45, 7) is 0.499. The minimum Gasteiger partial charge on any atom is -0.452 e. The highest BCUT2D eigenvalue weighted by Gasteiger charge is 2.30. The number of carbonyl (C=O) groups excluding carboxylic acids is 2. The van der Waals surface area contributed by atoms with E-state index < -0.39 is 16.0 Å². The molecule has 0 N–H and O–H groups in total. The van der Waals surface area contributed by atoms with E-state index in [9.17, 15) is 18.0 Å². The zero-order valence-electron chi connectivity index (χ0n) is 16.1. The summed E-state index contributed by atoms with van der Waals surface area (Å²) < 4.78 is 32.5. The topological polar surface area (TPSA) is 84.0 Å². The largest absolute Gasteiger partial charge is 0.452 e. The molecule has 0 bridgehead atoms. The minimum absolute atomic E-state index is 0.194. The standard InChI is InChI=1S/C21H21BrN2O5S/c22-18-6-4-5-17(15-18)9-10-21(26)29-16-20(25)23-11-13-24(14-12-23)30(27,28)19-7-2-1-3-8-19/h1-10,15H,11-14,16H2/b10-9+. The lowest BCUT2D eigenvalue weighted by molar-refractivity contribution is -0.148. The second-order valence-electron chi connectivity index (χ2n) is 6.59. The van der Waals surface area contributed by atoms with Gasteiger partial charge in [0.1, 0.15) is 0 Å². The van der Waals surface area contributed by atoms with Crippen LogP contribution in [0.3, 0.4) is 0 Å². The van der Waals surface area contributed by atoms with E-state index in [1.807, 2.05) is 24.3 Å². The van der Waals surface area contributed by atoms with Crippen LogP contribution >= 0.6 is 15.9 Å². The molecule has 158 valence electrons. The lowest BCUT2D eigenvalue weighted by Gasteiger charge is -2.33. The summed E-state index contributed by atoms with van der Waals surface area (Å²) in [5.41, 5.74) is 0.823. The Hall–Kier alpha value is -2.49. The molecular formula is C21H21BrN2O5S. The number of amides is 1. The third-order valence-electron chi connectivity index (χ3n) is 4.57. The van der Waals surface area contributed by atoms with E-state index >= 15 is 0 Å². The number of carbonyl (C=O) groups is 2. The first-order chi connectivity index (χ1) is 14.4. The van der Waals surface area contributed by atoms with E-state index in [2.05, 4.69) is 15.9 Å². The van der Waals surface area contributed by atoms with Gasteiger partial charge in [0.2, 0.25) is 10.0 Å². The molecule has 1 heterocycles. The molecule has 1 saturated heterocycles. The van der Waals surface area contributed by atoms with Gasteiger partial charge in [-0.15, -0.1) is 0 Å². The van der Waals surface area contributed by atoms with Crippen molar-refractivity contribution in [1.29, 1.82) is 0 Å². The summed E-state index contributed by atoms with van der Waals surface area (Å²) in [5.74, 6) is -0.968. The first-order valence-electron chi connectivity index (χ1n) is 9.29. The molecule has 0 aliphatic carbocycles. The lowest BCUT2D eigenvalue weighted by atomic mass is 10.2. The third-order valence-corrected chi connectivity index (χ3v) is 6.98. The van der Waals surface area contributed by atoms with Crippen LogP contribution in [0.15, 0.2) is 70.0 Å². The number of benzene rings is 2. The summed E-state index contributed by atoms with van der Waals surface area (Å²) in [7, 11) is -3.58. The van der Waals surface area contributed by atoms with Gasteiger partial charge in [0.25, 0.3) is 5.91 Å². The number of halogens is 1. The third kappa shape index (κ3) is 5.78. The number of hydrogen-bond donors (Lipinski definition) is 0. The lowest BCUT2D eigenvalue weighted by Crippen LogP contribution is -2.51. The fourth-order valence-electron chi connectivity index (χ4n) is 2.97. The minimum atomic E-state index is -3.58. The molecule has 1 fully saturated rings. The Kier molecular flexibility index (Phi) is 7.41. The Balaban J connectivity index is 1.47. The maximum atomic E-state index is 12.6. The highest BCUT2D eigenvalue weighted by molar-refractivity contribution is 9.10. The quantitative estimate of drug-likeness (QED) is 0.456. The van der Waals surface area contributed by atoms with E-state index in [1.165, 1.54) is 15.3 Å². The van der Waals surface area contributed by atoms with Crippen molar-refractivity contribution in [3.8, 4) is 0 Å². The molecular weight excluding hydrogens is 472 g/mol. The number of nitrogens with zero attached hydrogens (tertiary/aromatic N) is 2. The van der Waals surface area contributed by atoms with Crippen molar-refractivity contribution in [2.24, 2.45) is 0 Å². The van der Waals surface area contributed by atoms with Crippen LogP contribution in [0.1, 0.15) is 5.56 Å². The average Bonchev–Trinajstić information content (AvgIpc) is 2.77. The van der Waals surface area contributed by atoms with Crippen molar-refractivity contribution < 1.29 is 22.7 Å². The summed E-state index contributed by atoms with van der Waals surface area (Å²) in [4.78, 5) is 25.9. The normalized spacial score (nSPS) is 15.3. The molecule has 1 amide bonds. The van der Waals surface area contributed by atoms with Crippen LogP contribution in [-0.2, 0) is 24.3 Å². The van der Waals surface area contributed by atoms with Crippen LogP contribution < -0.4 is 0 Å². The van der Waals surface area contributed by atoms with E-state index in [4.69, 9.17) is 4.74 Å². The van der Waals surface area contributed by atoms with Crippen LogP contribution in [0, 0.1) is 0 Å². The number of sulfonamides is 1. The summed E-state index contributed by atoms with van der Waals surface area (Å²) in [5, 5.41) is 0. The molecule has 7 nitrogen and oxygen atoms in total. The highest BCUT2D eigenvalue weighted by Crippen LogP contribution is 2.17. The van der Waals surface area contributed by atoms with Crippen molar-refractivity contribution in [2.75, 3.05) is 32.8 Å². The van der Waals surface area contributed by atoms with Gasteiger partial charge in [-0.1, -0.05) is 46.3 Å². The predicted molar refractivity (Wildman–Crippen MR) is 116 cm³/mol. The molecule has 0 radical (unpaired) electrons. The second-order valence-corrected chi connectivity index (χ2v) is 9.45. The molecule has 3 rings (SSSR count). The van der Waals surface area contributed by atoms with Gasteiger partial charge in [-0.25, -0.2) is 13.2 Å². The van der Waals surface area contributed by atoms with Crippen LogP contribution in [0.25, 0.3) is 6.08 Å². The van der Waals surface area contributed by atoms with Crippen molar-refractivity contribution in [3.05, 3.63) is 70.7 Å². The van der Waals surface area contributed by atoms with Crippen molar-refractivity contribution in [3.63, 3.8) is 0 Å². The molecule has 1 aliphatic heterocycles. The fraction of sp³-hybridized carbons (Fsp3) is 0.238. The van der Waals surface area contributed by atoms with Crippen LogP contribution in [0.4, 0.5) is 0 Å². The van der Waals surface area contributed by atoms with E-state index in [0.717, 1.165) is 10.0 Å². The smallest absolute Gasteiger partial charge is 0.331 e. The SMILES string of the molecule is O=C(/C=C/c1cccc(Br)c1)OCC(=O)N1CCN(S(=O)(=O)c2ccccc2)CC1. The monoisotopic (exact) mass is 492 g/mol. The molecule has 0 unspecified atom stereocenters. The van der Waals surface area contributed by atoms with Crippen LogP contribution in [0.5, 0.6) is 0 Å². The number of rotatable bonds is 6. The number of esters is 1. The van der Waals surface area contributed by atoms with Gasteiger partial charge in [-0.3, -0.25) is 4.79 Å². The molecule has 1 aliphatic rings.